The first kappa shape index (κ1) is 20.8. The summed E-state index contributed by atoms with van der Waals surface area (Å²) in [4.78, 5) is 25.7. The van der Waals surface area contributed by atoms with Gasteiger partial charge in [0.1, 0.15) is 5.75 Å². The molecule has 7 nitrogen and oxygen atoms in total. The lowest BCUT2D eigenvalue weighted by Crippen LogP contribution is -2.47. The molecule has 0 bridgehead atoms. The van der Waals surface area contributed by atoms with Gasteiger partial charge in [-0.3, -0.25) is 19.8 Å². The number of ether oxygens (including phenoxy) is 1. The summed E-state index contributed by atoms with van der Waals surface area (Å²) in [6, 6.07) is 12.7. The lowest BCUT2D eigenvalue weighted by Gasteiger charge is -2.37. The number of nitro benzene ring substituents is 1. The fraction of sp³-hybridized carbons (Fsp3) is 0.409. The van der Waals surface area contributed by atoms with E-state index in [1.165, 1.54) is 36.4 Å². The first-order valence-corrected chi connectivity index (χ1v) is 9.95. The predicted molar refractivity (Wildman–Crippen MR) is 111 cm³/mol. The van der Waals surface area contributed by atoms with Gasteiger partial charge >= 0.3 is 0 Å². The number of fused-ring (bicyclic) bond motifs is 1. The summed E-state index contributed by atoms with van der Waals surface area (Å²) in [5.74, 6) is -0.0372. The average molecular weight is 397 g/mol. The number of unbranched alkanes of at least 4 members (excludes halogenated alkanes) is 1. The Hall–Kier alpha value is -2.93. The summed E-state index contributed by atoms with van der Waals surface area (Å²) >= 11 is 0. The molecule has 0 radical (unpaired) electrons. The smallest absolute Gasteiger partial charge is 0.270 e. The summed E-state index contributed by atoms with van der Waals surface area (Å²) in [6.45, 7) is 4.49. The van der Waals surface area contributed by atoms with Crippen LogP contribution >= 0.6 is 0 Å². The topological polar surface area (TPSA) is 84.7 Å². The van der Waals surface area contributed by atoms with Crippen molar-refractivity contribution in [2.75, 3.05) is 20.2 Å². The van der Waals surface area contributed by atoms with Crippen LogP contribution in [0.5, 0.6) is 5.75 Å². The fourth-order valence-corrected chi connectivity index (χ4v) is 3.76. The van der Waals surface area contributed by atoms with Gasteiger partial charge in [0.2, 0.25) is 0 Å². The Kier molecular flexibility index (Phi) is 6.82. The van der Waals surface area contributed by atoms with E-state index in [0.717, 1.165) is 32.4 Å². The number of nitro groups is 1. The molecule has 154 valence electrons. The van der Waals surface area contributed by atoms with Crippen LogP contribution in [0, 0.1) is 10.1 Å². The Morgan fingerprint density at radius 2 is 2.03 bits per heavy atom. The number of non-ortho nitro benzene ring substituents is 1. The maximum atomic E-state index is 12.8. The number of nitrogens with one attached hydrogen (secondary N) is 1. The van der Waals surface area contributed by atoms with Crippen LogP contribution in [0.3, 0.4) is 0 Å². The number of carbonyl (C=O) groups excluding carboxylic acids is 1. The lowest BCUT2D eigenvalue weighted by atomic mass is 9.93. The van der Waals surface area contributed by atoms with E-state index in [0.29, 0.717) is 12.3 Å². The van der Waals surface area contributed by atoms with E-state index in [-0.39, 0.29) is 23.2 Å². The highest BCUT2D eigenvalue weighted by molar-refractivity contribution is 5.97. The molecule has 3 rings (SSSR count). The third-order valence-electron chi connectivity index (χ3n) is 5.40. The van der Waals surface area contributed by atoms with E-state index in [2.05, 4.69) is 35.3 Å². The second-order valence-corrected chi connectivity index (χ2v) is 7.30. The van der Waals surface area contributed by atoms with Gasteiger partial charge in [-0.1, -0.05) is 37.6 Å². The predicted octanol–water partition coefficient (Wildman–Crippen LogP) is 3.56. The van der Waals surface area contributed by atoms with Gasteiger partial charge in [-0.2, -0.15) is 0 Å². The van der Waals surface area contributed by atoms with Crippen LogP contribution in [0.25, 0.3) is 0 Å². The van der Waals surface area contributed by atoms with Crippen LogP contribution in [0.15, 0.2) is 42.5 Å². The third-order valence-corrected chi connectivity index (χ3v) is 5.40. The highest BCUT2D eigenvalue weighted by atomic mass is 16.6. The van der Waals surface area contributed by atoms with Gasteiger partial charge in [-0.05, 0) is 36.6 Å². The molecule has 29 heavy (non-hydrogen) atoms. The standard InChI is InChI=1S/C22H27N3O4/c1-3-4-11-24-15-17-8-6-5-7-16(17)12-19(24)14-23-22(26)20-13-18(25(27)28)9-10-21(20)29-2/h5-10,13,19H,3-4,11-12,14-15H2,1-2H3,(H,23,26)/t19-/m0/s1. The van der Waals surface area contributed by atoms with Gasteiger partial charge in [0.15, 0.2) is 0 Å². The molecule has 0 aliphatic carbocycles. The van der Waals surface area contributed by atoms with Crippen molar-refractivity contribution in [3.05, 3.63) is 69.3 Å². The van der Waals surface area contributed by atoms with Crippen LogP contribution in [-0.4, -0.2) is 42.0 Å². The molecule has 1 atom stereocenters. The second kappa shape index (κ2) is 9.52. The number of hydrogen-bond acceptors (Lipinski definition) is 5. The van der Waals surface area contributed by atoms with E-state index < -0.39 is 4.92 Å². The first-order chi connectivity index (χ1) is 14.0. The summed E-state index contributed by atoms with van der Waals surface area (Å²) in [5.41, 5.74) is 2.70. The van der Waals surface area contributed by atoms with Gasteiger partial charge in [0.25, 0.3) is 11.6 Å². The summed E-state index contributed by atoms with van der Waals surface area (Å²) in [6.07, 6.45) is 3.08. The number of hydrogen-bond donors (Lipinski definition) is 1. The highest BCUT2D eigenvalue weighted by Crippen LogP contribution is 2.25. The van der Waals surface area contributed by atoms with E-state index in [9.17, 15) is 14.9 Å². The molecular weight excluding hydrogens is 370 g/mol. The number of rotatable bonds is 8. The zero-order valence-electron chi connectivity index (χ0n) is 16.9. The molecule has 1 aliphatic heterocycles. The molecule has 7 heteroatoms. The van der Waals surface area contributed by atoms with Gasteiger partial charge < -0.3 is 10.1 Å². The van der Waals surface area contributed by atoms with E-state index in [1.807, 2.05) is 6.07 Å². The Morgan fingerprint density at radius 1 is 1.28 bits per heavy atom. The van der Waals surface area contributed by atoms with Crippen molar-refractivity contribution in [1.82, 2.24) is 10.2 Å². The SMILES string of the molecule is CCCCN1Cc2ccccc2C[C@H]1CNC(=O)c1cc([N+](=O)[O-])ccc1OC. The number of amides is 1. The van der Waals surface area contributed by atoms with E-state index in [4.69, 9.17) is 4.74 Å². The molecule has 2 aromatic rings. The van der Waals surface area contributed by atoms with Crippen LogP contribution < -0.4 is 10.1 Å². The third kappa shape index (κ3) is 4.92. The van der Waals surface area contributed by atoms with E-state index in [1.54, 1.807) is 0 Å². The average Bonchev–Trinajstić information content (AvgIpc) is 2.75. The Morgan fingerprint density at radius 3 is 2.72 bits per heavy atom. The van der Waals surface area contributed by atoms with Crippen LogP contribution in [-0.2, 0) is 13.0 Å². The van der Waals surface area contributed by atoms with Gasteiger partial charge in [-0.25, -0.2) is 0 Å². The van der Waals surface area contributed by atoms with Crippen molar-refractivity contribution in [3.8, 4) is 5.75 Å². The Balaban J connectivity index is 1.74. The molecule has 2 aromatic carbocycles. The fourth-order valence-electron chi connectivity index (χ4n) is 3.76. The zero-order chi connectivity index (χ0) is 20.8. The number of nitrogens with zero attached hydrogens (tertiary/aromatic N) is 2. The summed E-state index contributed by atoms with van der Waals surface area (Å²) in [7, 11) is 1.45. The quantitative estimate of drug-likeness (QED) is 0.544. The van der Waals surface area contributed by atoms with Crippen LogP contribution in [0.4, 0.5) is 5.69 Å². The normalized spacial score (nSPS) is 16.1. The molecule has 0 fully saturated rings. The number of carbonyl (C=O) groups is 1. The van der Waals surface area contributed by atoms with E-state index >= 15 is 0 Å². The number of methoxy groups -OCH3 is 1. The minimum absolute atomic E-state index is 0.132. The minimum Gasteiger partial charge on any atom is -0.496 e. The van der Waals surface area contributed by atoms with Crippen LogP contribution in [0.2, 0.25) is 0 Å². The minimum atomic E-state index is -0.513. The van der Waals surface area contributed by atoms with Gasteiger partial charge in [0.05, 0.1) is 17.6 Å². The lowest BCUT2D eigenvalue weighted by molar-refractivity contribution is -0.384. The summed E-state index contributed by atoms with van der Waals surface area (Å²) < 4.78 is 5.22. The Bertz CT molecular complexity index is 884. The monoisotopic (exact) mass is 397 g/mol. The molecule has 0 spiro atoms. The van der Waals surface area contributed by atoms with Crippen molar-refractivity contribution < 1.29 is 14.5 Å². The highest BCUT2D eigenvalue weighted by Gasteiger charge is 2.26. The van der Waals surface area contributed by atoms with Crippen molar-refractivity contribution in [3.63, 3.8) is 0 Å². The first-order valence-electron chi connectivity index (χ1n) is 9.95. The van der Waals surface area contributed by atoms with Crippen LogP contribution in [0.1, 0.15) is 41.3 Å². The molecule has 1 heterocycles. The van der Waals surface area contributed by atoms with Gasteiger partial charge in [-0.15, -0.1) is 0 Å². The molecule has 0 aromatic heterocycles. The zero-order valence-corrected chi connectivity index (χ0v) is 16.9. The second-order valence-electron chi connectivity index (χ2n) is 7.30. The molecule has 1 amide bonds. The largest absolute Gasteiger partial charge is 0.496 e. The maximum absolute atomic E-state index is 12.8. The molecular formula is C22H27N3O4. The number of benzene rings is 2. The van der Waals surface area contributed by atoms with Crippen molar-refractivity contribution in [1.29, 1.82) is 0 Å². The summed E-state index contributed by atoms with van der Waals surface area (Å²) in [5, 5.41) is 14.0. The molecule has 1 N–H and O–H groups in total. The Labute approximate surface area is 170 Å². The molecule has 0 saturated carbocycles. The van der Waals surface area contributed by atoms with Crippen molar-refractivity contribution in [2.24, 2.45) is 0 Å². The molecule has 1 aliphatic rings. The van der Waals surface area contributed by atoms with Crippen molar-refractivity contribution in [2.45, 2.75) is 38.8 Å². The van der Waals surface area contributed by atoms with Gasteiger partial charge in [0, 0.05) is 31.3 Å². The molecule has 0 unspecified atom stereocenters. The molecule has 0 saturated heterocycles. The van der Waals surface area contributed by atoms with Crippen molar-refractivity contribution >= 4 is 11.6 Å². The maximum Gasteiger partial charge on any atom is 0.270 e.